The zero-order chi connectivity index (χ0) is 18.6. The minimum absolute atomic E-state index is 0.0111. The summed E-state index contributed by atoms with van der Waals surface area (Å²) in [6.45, 7) is 8.02. The average molecular weight is 341 g/mol. The number of phenols is 1. The second-order valence-electron chi connectivity index (χ2n) is 7.30. The molecule has 0 spiro atoms. The van der Waals surface area contributed by atoms with Gasteiger partial charge >= 0.3 is 0 Å². The van der Waals surface area contributed by atoms with E-state index in [4.69, 9.17) is 0 Å². The van der Waals surface area contributed by atoms with Crippen LogP contribution in [-0.4, -0.2) is 29.3 Å². The fraction of sp³-hybridized carbons (Fsp3) is 0.381. The van der Waals surface area contributed by atoms with Crippen molar-refractivity contribution < 1.29 is 15.0 Å². The molecule has 25 heavy (non-hydrogen) atoms. The predicted octanol–water partition coefficient (Wildman–Crippen LogP) is 3.54. The molecule has 0 saturated heterocycles. The van der Waals surface area contributed by atoms with Crippen molar-refractivity contribution in [1.29, 1.82) is 0 Å². The van der Waals surface area contributed by atoms with Crippen LogP contribution >= 0.6 is 0 Å². The van der Waals surface area contributed by atoms with E-state index in [0.29, 0.717) is 12.1 Å². The number of aliphatic hydroxyl groups excluding tert-OH is 1. The summed E-state index contributed by atoms with van der Waals surface area (Å²) in [5, 5.41) is 22.9. The summed E-state index contributed by atoms with van der Waals surface area (Å²) < 4.78 is 0. The van der Waals surface area contributed by atoms with E-state index in [1.807, 2.05) is 57.2 Å². The van der Waals surface area contributed by atoms with E-state index in [9.17, 15) is 15.0 Å². The molecule has 0 heterocycles. The largest absolute Gasteiger partial charge is 0.507 e. The van der Waals surface area contributed by atoms with E-state index in [-0.39, 0.29) is 35.2 Å². The number of nitrogens with one attached hydrogen (secondary N) is 1. The lowest BCUT2D eigenvalue weighted by atomic mass is 9.75. The van der Waals surface area contributed by atoms with Gasteiger partial charge in [-0.2, -0.15) is 0 Å². The minimum atomic E-state index is -0.390. The molecule has 3 N–H and O–H groups in total. The van der Waals surface area contributed by atoms with E-state index in [1.54, 1.807) is 13.0 Å². The van der Waals surface area contributed by atoms with Crippen molar-refractivity contribution in [3.8, 4) is 5.75 Å². The summed E-state index contributed by atoms with van der Waals surface area (Å²) in [6.07, 6.45) is 0. The van der Waals surface area contributed by atoms with Gasteiger partial charge in [0, 0.05) is 19.1 Å². The Morgan fingerprint density at radius 2 is 1.80 bits per heavy atom. The van der Waals surface area contributed by atoms with Gasteiger partial charge in [-0.25, -0.2) is 0 Å². The van der Waals surface area contributed by atoms with Crippen LogP contribution in [0.1, 0.15) is 46.8 Å². The molecule has 4 heteroatoms. The van der Waals surface area contributed by atoms with Gasteiger partial charge in [-0.1, -0.05) is 50.2 Å². The fourth-order valence-electron chi connectivity index (χ4n) is 3.06. The highest BCUT2D eigenvalue weighted by Gasteiger charge is 2.30. The Labute approximate surface area is 149 Å². The van der Waals surface area contributed by atoms with Gasteiger partial charge in [-0.05, 0) is 42.0 Å². The Kier molecular flexibility index (Phi) is 5.85. The van der Waals surface area contributed by atoms with Crippen LogP contribution in [0.15, 0.2) is 42.5 Å². The summed E-state index contributed by atoms with van der Waals surface area (Å²) in [6, 6.07) is 13.4. The van der Waals surface area contributed by atoms with Gasteiger partial charge in [-0.3, -0.25) is 4.79 Å². The molecule has 1 amide bonds. The van der Waals surface area contributed by atoms with E-state index < -0.39 is 0 Å². The fourth-order valence-corrected chi connectivity index (χ4v) is 3.06. The third-order valence-corrected chi connectivity index (χ3v) is 4.71. The first-order valence-electron chi connectivity index (χ1n) is 8.50. The number of benzene rings is 2. The average Bonchev–Trinajstić information content (AvgIpc) is 2.58. The van der Waals surface area contributed by atoms with Crippen LogP contribution in [0.25, 0.3) is 0 Å². The maximum absolute atomic E-state index is 12.6. The van der Waals surface area contributed by atoms with Crippen molar-refractivity contribution in [3.63, 3.8) is 0 Å². The quantitative estimate of drug-likeness (QED) is 0.753. The van der Waals surface area contributed by atoms with E-state index in [2.05, 4.69) is 5.32 Å². The maximum Gasteiger partial charge on any atom is 0.255 e. The van der Waals surface area contributed by atoms with Gasteiger partial charge in [0.05, 0.1) is 5.56 Å². The molecule has 0 bridgehead atoms. The normalized spacial score (nSPS) is 12.7. The number of carbonyl (C=O) groups excluding carboxylic acids is 1. The second-order valence-corrected chi connectivity index (χ2v) is 7.30. The van der Waals surface area contributed by atoms with Crippen molar-refractivity contribution in [1.82, 2.24) is 5.32 Å². The Morgan fingerprint density at radius 3 is 2.40 bits per heavy atom. The summed E-state index contributed by atoms with van der Waals surface area (Å²) in [7, 11) is 0. The molecule has 0 aliphatic carbocycles. The lowest BCUT2D eigenvalue weighted by molar-refractivity contribution is 0.0917. The lowest BCUT2D eigenvalue weighted by Gasteiger charge is -2.33. The molecule has 0 unspecified atom stereocenters. The molecule has 0 aliphatic rings. The smallest absolute Gasteiger partial charge is 0.255 e. The first-order valence-corrected chi connectivity index (χ1v) is 8.50. The van der Waals surface area contributed by atoms with Gasteiger partial charge in [0.25, 0.3) is 5.91 Å². The van der Waals surface area contributed by atoms with Crippen LogP contribution in [-0.2, 0) is 0 Å². The van der Waals surface area contributed by atoms with Crippen molar-refractivity contribution in [2.24, 2.45) is 5.41 Å². The number of rotatable bonds is 6. The molecule has 0 aromatic heterocycles. The SMILES string of the molecule is Cc1cc(C)c(O)c(C(=O)NC[C@H](c2ccccc2)C(C)(C)CO)c1. The number of phenolic OH excluding ortho intramolecular Hbond substituents is 1. The molecule has 0 saturated carbocycles. The van der Waals surface area contributed by atoms with Gasteiger partial charge < -0.3 is 15.5 Å². The Bertz CT molecular complexity index is 738. The molecule has 0 aliphatic heterocycles. The molecular formula is C21H27NO3. The van der Waals surface area contributed by atoms with Crippen molar-refractivity contribution in [2.45, 2.75) is 33.6 Å². The highest BCUT2D eigenvalue weighted by molar-refractivity contribution is 5.97. The van der Waals surface area contributed by atoms with E-state index in [1.165, 1.54) is 0 Å². The summed E-state index contributed by atoms with van der Waals surface area (Å²) in [5.74, 6) is -0.338. The second kappa shape index (κ2) is 7.70. The molecule has 2 aromatic rings. The minimum Gasteiger partial charge on any atom is -0.507 e. The standard InChI is InChI=1S/C21H27NO3/c1-14-10-15(2)19(24)17(11-14)20(25)22-12-18(21(3,4)13-23)16-8-6-5-7-9-16/h5-11,18,23-24H,12-13H2,1-4H3,(H,22,25)/t18-/m1/s1. The topological polar surface area (TPSA) is 69.6 Å². The van der Waals surface area contributed by atoms with Gasteiger partial charge in [0.1, 0.15) is 5.75 Å². The third-order valence-electron chi connectivity index (χ3n) is 4.71. The molecular weight excluding hydrogens is 314 g/mol. The van der Waals surface area contributed by atoms with Crippen LogP contribution in [0.2, 0.25) is 0 Å². The Balaban J connectivity index is 2.23. The first-order chi connectivity index (χ1) is 11.8. The molecule has 134 valence electrons. The molecule has 4 nitrogen and oxygen atoms in total. The molecule has 2 rings (SSSR count). The van der Waals surface area contributed by atoms with Crippen LogP contribution in [0.5, 0.6) is 5.75 Å². The van der Waals surface area contributed by atoms with Crippen LogP contribution < -0.4 is 5.32 Å². The summed E-state index contributed by atoms with van der Waals surface area (Å²) >= 11 is 0. The highest BCUT2D eigenvalue weighted by Crippen LogP contribution is 2.34. The molecule has 0 radical (unpaired) electrons. The van der Waals surface area contributed by atoms with E-state index >= 15 is 0 Å². The first kappa shape index (κ1) is 19.0. The van der Waals surface area contributed by atoms with E-state index in [0.717, 1.165) is 11.1 Å². The third kappa shape index (κ3) is 4.40. The van der Waals surface area contributed by atoms with Gasteiger partial charge in [-0.15, -0.1) is 0 Å². The number of hydrogen-bond donors (Lipinski definition) is 3. The Hall–Kier alpha value is -2.33. The van der Waals surface area contributed by atoms with Crippen molar-refractivity contribution >= 4 is 5.91 Å². The number of amides is 1. The maximum atomic E-state index is 12.6. The molecule has 0 fully saturated rings. The number of aliphatic hydroxyl groups is 1. The zero-order valence-electron chi connectivity index (χ0n) is 15.3. The number of aromatic hydroxyl groups is 1. The number of hydrogen-bond acceptors (Lipinski definition) is 3. The van der Waals surface area contributed by atoms with Crippen LogP contribution in [0.3, 0.4) is 0 Å². The monoisotopic (exact) mass is 341 g/mol. The lowest BCUT2D eigenvalue weighted by Crippen LogP contribution is -2.37. The van der Waals surface area contributed by atoms with Gasteiger partial charge in [0.2, 0.25) is 0 Å². The highest BCUT2D eigenvalue weighted by atomic mass is 16.3. The molecule has 2 aromatic carbocycles. The summed E-state index contributed by atoms with van der Waals surface area (Å²) in [4.78, 5) is 12.6. The van der Waals surface area contributed by atoms with Crippen molar-refractivity contribution in [2.75, 3.05) is 13.2 Å². The van der Waals surface area contributed by atoms with Gasteiger partial charge in [0.15, 0.2) is 0 Å². The van der Waals surface area contributed by atoms with Crippen LogP contribution in [0, 0.1) is 19.3 Å². The van der Waals surface area contributed by atoms with Crippen LogP contribution in [0.4, 0.5) is 0 Å². The predicted molar refractivity (Wildman–Crippen MR) is 100.0 cm³/mol. The molecule has 1 atom stereocenters. The Morgan fingerprint density at radius 1 is 1.16 bits per heavy atom. The number of carbonyl (C=O) groups is 1. The summed E-state index contributed by atoms with van der Waals surface area (Å²) in [5.41, 5.74) is 2.56. The number of aryl methyl sites for hydroxylation is 2. The zero-order valence-corrected chi connectivity index (χ0v) is 15.3. The van der Waals surface area contributed by atoms with Crippen molar-refractivity contribution in [3.05, 3.63) is 64.7 Å².